The largest absolute Gasteiger partial charge is 0.508 e. The van der Waals surface area contributed by atoms with Crippen molar-refractivity contribution in [1.82, 2.24) is 0 Å². The van der Waals surface area contributed by atoms with Crippen LogP contribution in [0, 0.1) is 0 Å². The van der Waals surface area contributed by atoms with E-state index in [9.17, 15) is 25.2 Å². The molecular formula is C20H18O7. The quantitative estimate of drug-likeness (QED) is 0.547. The molecule has 0 unspecified atom stereocenters. The van der Waals surface area contributed by atoms with Crippen molar-refractivity contribution in [3.8, 4) is 34.1 Å². The molecule has 27 heavy (non-hydrogen) atoms. The van der Waals surface area contributed by atoms with Crippen LogP contribution in [0.4, 0.5) is 0 Å². The molecule has 2 heterocycles. The molecule has 1 aromatic heterocycles. The van der Waals surface area contributed by atoms with Crippen molar-refractivity contribution in [2.75, 3.05) is 0 Å². The number of phenolic OH excluding ortho intramolecular Hbond substituents is 3. The van der Waals surface area contributed by atoms with E-state index in [1.165, 1.54) is 24.5 Å². The Morgan fingerprint density at radius 2 is 1.85 bits per heavy atom. The third-order valence-corrected chi connectivity index (χ3v) is 4.82. The molecule has 2 aromatic carbocycles. The molecular weight excluding hydrogens is 352 g/mol. The number of hydrogen-bond acceptors (Lipinski definition) is 7. The molecule has 4 N–H and O–H groups in total. The number of rotatable bonds is 2. The maximum Gasteiger partial charge on any atom is 0.204 e. The van der Waals surface area contributed by atoms with E-state index in [4.69, 9.17) is 9.15 Å². The van der Waals surface area contributed by atoms with E-state index in [-0.39, 0.29) is 45.8 Å². The highest BCUT2D eigenvalue weighted by Crippen LogP contribution is 2.43. The van der Waals surface area contributed by atoms with Gasteiger partial charge in [0.2, 0.25) is 5.43 Å². The lowest BCUT2D eigenvalue weighted by molar-refractivity contribution is -0.0229. The van der Waals surface area contributed by atoms with Crippen LogP contribution in [0.25, 0.3) is 22.1 Å². The highest BCUT2D eigenvalue weighted by atomic mass is 16.5. The molecule has 0 fully saturated rings. The fraction of sp³-hybridized carbons (Fsp3) is 0.250. The molecule has 1 atom stereocenters. The van der Waals surface area contributed by atoms with Crippen molar-refractivity contribution in [3.05, 3.63) is 46.3 Å². The highest BCUT2D eigenvalue weighted by molar-refractivity contribution is 5.90. The Morgan fingerprint density at radius 1 is 1.11 bits per heavy atom. The first kappa shape index (κ1) is 17.2. The minimum absolute atomic E-state index is 0.0290. The first-order valence-corrected chi connectivity index (χ1v) is 8.38. The van der Waals surface area contributed by atoms with Crippen molar-refractivity contribution in [2.45, 2.75) is 32.0 Å². The van der Waals surface area contributed by atoms with Gasteiger partial charge in [-0.2, -0.15) is 0 Å². The summed E-state index contributed by atoms with van der Waals surface area (Å²) in [7, 11) is 0. The van der Waals surface area contributed by atoms with Gasteiger partial charge in [-0.25, -0.2) is 0 Å². The van der Waals surface area contributed by atoms with E-state index in [1.807, 2.05) is 0 Å². The molecule has 1 aliphatic heterocycles. The van der Waals surface area contributed by atoms with Gasteiger partial charge in [-0.3, -0.25) is 4.79 Å². The van der Waals surface area contributed by atoms with Gasteiger partial charge in [0.1, 0.15) is 46.3 Å². The Bertz CT molecular complexity index is 1120. The maximum atomic E-state index is 13.0. The van der Waals surface area contributed by atoms with Gasteiger partial charge in [-0.15, -0.1) is 0 Å². The van der Waals surface area contributed by atoms with E-state index in [0.29, 0.717) is 11.3 Å². The lowest BCUT2D eigenvalue weighted by atomic mass is 9.95. The van der Waals surface area contributed by atoms with Crippen LogP contribution in [0.1, 0.15) is 19.4 Å². The van der Waals surface area contributed by atoms with Crippen molar-refractivity contribution in [1.29, 1.82) is 0 Å². The summed E-state index contributed by atoms with van der Waals surface area (Å²) >= 11 is 0. The molecule has 0 saturated heterocycles. The average Bonchev–Trinajstić information content (AvgIpc) is 3.01. The summed E-state index contributed by atoms with van der Waals surface area (Å²) in [6.45, 7) is 3.21. The Morgan fingerprint density at radius 3 is 2.52 bits per heavy atom. The van der Waals surface area contributed by atoms with Crippen LogP contribution in [-0.2, 0) is 6.42 Å². The molecule has 1 aliphatic rings. The van der Waals surface area contributed by atoms with Crippen LogP contribution in [0.5, 0.6) is 23.0 Å². The van der Waals surface area contributed by atoms with Crippen LogP contribution in [0.3, 0.4) is 0 Å². The van der Waals surface area contributed by atoms with Gasteiger partial charge in [0.25, 0.3) is 0 Å². The number of phenols is 3. The molecule has 3 aromatic rings. The van der Waals surface area contributed by atoms with E-state index in [1.54, 1.807) is 13.8 Å². The zero-order valence-electron chi connectivity index (χ0n) is 14.7. The number of hydrogen-bond donors (Lipinski definition) is 4. The lowest BCUT2D eigenvalue weighted by Crippen LogP contribution is -2.39. The lowest BCUT2D eigenvalue weighted by Gasteiger charge is -2.24. The second-order valence-electron chi connectivity index (χ2n) is 7.22. The normalized spacial score (nSPS) is 16.3. The fourth-order valence-corrected chi connectivity index (χ4v) is 3.30. The molecule has 0 saturated carbocycles. The Kier molecular flexibility index (Phi) is 3.61. The number of benzene rings is 2. The van der Waals surface area contributed by atoms with Gasteiger partial charge >= 0.3 is 0 Å². The van der Waals surface area contributed by atoms with E-state index >= 15 is 0 Å². The Hall–Kier alpha value is -3.19. The van der Waals surface area contributed by atoms with Gasteiger partial charge in [0.05, 0.1) is 11.2 Å². The second-order valence-corrected chi connectivity index (χ2v) is 7.22. The van der Waals surface area contributed by atoms with Gasteiger partial charge < -0.3 is 29.6 Å². The Labute approximate surface area is 153 Å². The number of aliphatic hydroxyl groups is 1. The van der Waals surface area contributed by atoms with Gasteiger partial charge in [-0.05, 0) is 26.0 Å². The first-order valence-electron chi connectivity index (χ1n) is 8.38. The van der Waals surface area contributed by atoms with Gasteiger partial charge in [-0.1, -0.05) is 0 Å². The van der Waals surface area contributed by atoms with Crippen molar-refractivity contribution in [3.63, 3.8) is 0 Å². The zero-order valence-corrected chi connectivity index (χ0v) is 14.7. The standard InChI is InChI=1S/C20H18O7/c1-20(2,25)16-6-11-14(27-16)7-15-17(18(11)23)19(24)12(8-26-15)10-4-3-9(21)5-13(10)22/h3-5,7-8,16,21-23,25H,6H2,1-2H3/t16-/m0/s1. The third kappa shape index (κ3) is 2.67. The van der Waals surface area contributed by atoms with Crippen LogP contribution < -0.4 is 10.2 Å². The van der Waals surface area contributed by atoms with Crippen molar-refractivity contribution >= 4 is 11.0 Å². The van der Waals surface area contributed by atoms with Crippen LogP contribution >= 0.6 is 0 Å². The zero-order chi connectivity index (χ0) is 19.5. The molecule has 0 amide bonds. The predicted molar refractivity (Wildman–Crippen MR) is 97.3 cm³/mol. The topological polar surface area (TPSA) is 120 Å². The van der Waals surface area contributed by atoms with Gasteiger partial charge in [0, 0.05) is 29.7 Å². The maximum absolute atomic E-state index is 13.0. The summed E-state index contributed by atoms with van der Waals surface area (Å²) in [6, 6.07) is 5.35. The molecule has 7 nitrogen and oxygen atoms in total. The Balaban J connectivity index is 1.92. The van der Waals surface area contributed by atoms with Crippen LogP contribution in [0.2, 0.25) is 0 Å². The summed E-state index contributed by atoms with van der Waals surface area (Å²) in [4.78, 5) is 13.0. The minimum Gasteiger partial charge on any atom is -0.508 e. The summed E-state index contributed by atoms with van der Waals surface area (Å²) in [6.07, 6.45) is 0.866. The van der Waals surface area contributed by atoms with Crippen molar-refractivity contribution in [2.24, 2.45) is 0 Å². The van der Waals surface area contributed by atoms with Crippen LogP contribution in [0.15, 0.2) is 39.7 Å². The van der Waals surface area contributed by atoms with E-state index in [0.717, 1.165) is 6.07 Å². The van der Waals surface area contributed by atoms with E-state index in [2.05, 4.69) is 0 Å². The molecule has 7 heteroatoms. The second kappa shape index (κ2) is 5.65. The van der Waals surface area contributed by atoms with E-state index < -0.39 is 17.1 Å². The van der Waals surface area contributed by atoms with Crippen molar-refractivity contribution < 1.29 is 29.6 Å². The number of ether oxygens (including phenoxy) is 1. The highest BCUT2D eigenvalue weighted by Gasteiger charge is 2.37. The summed E-state index contributed by atoms with van der Waals surface area (Å²) in [5.41, 5.74) is -0.868. The molecule has 0 bridgehead atoms. The van der Waals surface area contributed by atoms with Gasteiger partial charge in [0.15, 0.2) is 0 Å². The summed E-state index contributed by atoms with van der Waals surface area (Å²) < 4.78 is 11.2. The third-order valence-electron chi connectivity index (χ3n) is 4.82. The first-order chi connectivity index (χ1) is 12.7. The number of aromatic hydroxyl groups is 3. The van der Waals surface area contributed by atoms with Crippen LogP contribution in [-0.4, -0.2) is 32.1 Å². The monoisotopic (exact) mass is 370 g/mol. The molecule has 0 aliphatic carbocycles. The number of fused-ring (bicyclic) bond motifs is 2. The average molecular weight is 370 g/mol. The smallest absolute Gasteiger partial charge is 0.204 e. The summed E-state index contributed by atoms with van der Waals surface area (Å²) in [5.74, 6) is -0.330. The molecule has 4 rings (SSSR count). The SMILES string of the molecule is CC(C)(O)[C@@H]1Cc2c(cc3occ(-c4ccc(O)cc4O)c(=O)c3c2O)O1. The molecule has 0 radical (unpaired) electrons. The minimum atomic E-state index is -1.13. The molecule has 0 spiro atoms. The predicted octanol–water partition coefficient (Wildman–Crippen LogP) is 2.65. The summed E-state index contributed by atoms with van der Waals surface area (Å²) in [5, 5.41) is 40.3. The fourth-order valence-electron chi connectivity index (χ4n) is 3.30. The molecule has 140 valence electrons.